The second-order valence-corrected chi connectivity index (χ2v) is 11.3. The van der Waals surface area contributed by atoms with Gasteiger partial charge in [-0.3, -0.25) is 9.36 Å². The number of nitrogens with zero attached hydrogens (tertiary/aromatic N) is 2. The minimum absolute atomic E-state index is 0.193. The highest BCUT2D eigenvalue weighted by atomic mass is 79.9. The van der Waals surface area contributed by atoms with Crippen molar-refractivity contribution < 1.29 is 18.7 Å². The van der Waals surface area contributed by atoms with E-state index in [2.05, 4.69) is 15.9 Å². The van der Waals surface area contributed by atoms with Crippen LogP contribution in [0.15, 0.2) is 103 Å². The van der Waals surface area contributed by atoms with E-state index in [0.29, 0.717) is 43.4 Å². The predicted molar refractivity (Wildman–Crippen MR) is 163 cm³/mol. The smallest absolute Gasteiger partial charge is 0.338 e. The maximum absolute atomic E-state index is 14.1. The van der Waals surface area contributed by atoms with Crippen molar-refractivity contribution >= 4 is 50.1 Å². The molecule has 0 aliphatic carbocycles. The number of hydrogen-bond donors (Lipinski definition) is 0. The van der Waals surface area contributed by atoms with Crippen molar-refractivity contribution in [1.82, 2.24) is 4.57 Å². The van der Waals surface area contributed by atoms with E-state index in [1.807, 2.05) is 72.8 Å². The Labute approximate surface area is 247 Å². The molecule has 0 fully saturated rings. The van der Waals surface area contributed by atoms with Crippen LogP contribution in [-0.2, 0) is 9.53 Å². The Kier molecular flexibility index (Phi) is 7.23. The number of thiazole rings is 1. The van der Waals surface area contributed by atoms with Crippen molar-refractivity contribution in [2.75, 3.05) is 13.7 Å². The monoisotopic (exact) mass is 628 g/mol. The van der Waals surface area contributed by atoms with Crippen LogP contribution in [0.25, 0.3) is 28.2 Å². The lowest BCUT2D eigenvalue weighted by atomic mass is 9.90. The molecule has 1 atom stereocenters. The van der Waals surface area contributed by atoms with E-state index in [9.17, 15) is 9.59 Å². The Morgan fingerprint density at radius 3 is 2.73 bits per heavy atom. The Bertz CT molecular complexity index is 2030. The van der Waals surface area contributed by atoms with Gasteiger partial charge in [0.05, 0.1) is 29.5 Å². The van der Waals surface area contributed by atoms with Crippen molar-refractivity contribution in [2.45, 2.75) is 19.9 Å². The average Bonchev–Trinajstić information content (AvgIpc) is 3.56. The van der Waals surface area contributed by atoms with Crippen molar-refractivity contribution in [1.29, 1.82) is 0 Å². The molecule has 0 saturated carbocycles. The average molecular weight is 630 g/mol. The molecule has 206 valence electrons. The third kappa shape index (κ3) is 4.85. The largest absolute Gasteiger partial charge is 0.496 e. The fourth-order valence-corrected chi connectivity index (χ4v) is 6.58. The van der Waals surface area contributed by atoms with Crippen LogP contribution in [0.4, 0.5) is 0 Å². The number of esters is 1. The molecular formula is C32H25BrN2O5S. The van der Waals surface area contributed by atoms with Gasteiger partial charge >= 0.3 is 5.97 Å². The number of halogens is 1. The lowest BCUT2D eigenvalue weighted by Gasteiger charge is -2.27. The number of allylic oxidation sites excluding steroid dienone is 1. The number of fused-ring (bicyclic) bond motifs is 2. The molecule has 1 aliphatic rings. The molecule has 0 bridgehead atoms. The van der Waals surface area contributed by atoms with Gasteiger partial charge in [-0.25, -0.2) is 9.79 Å². The Balaban J connectivity index is 1.57. The summed E-state index contributed by atoms with van der Waals surface area (Å²) in [4.78, 5) is 32.7. The van der Waals surface area contributed by atoms with Crippen LogP contribution in [0.3, 0.4) is 0 Å². The molecule has 2 aromatic heterocycles. The van der Waals surface area contributed by atoms with Crippen molar-refractivity contribution in [2.24, 2.45) is 4.99 Å². The minimum atomic E-state index is -0.803. The molecule has 3 heterocycles. The van der Waals surface area contributed by atoms with Crippen molar-refractivity contribution in [3.63, 3.8) is 0 Å². The summed E-state index contributed by atoms with van der Waals surface area (Å²) in [6, 6.07) is 22.3. The summed E-state index contributed by atoms with van der Waals surface area (Å²) >= 11 is 4.74. The molecule has 1 unspecified atom stereocenters. The van der Waals surface area contributed by atoms with Gasteiger partial charge in [-0.2, -0.15) is 0 Å². The predicted octanol–water partition coefficient (Wildman–Crippen LogP) is 5.98. The lowest BCUT2D eigenvalue weighted by Crippen LogP contribution is -2.40. The third-order valence-electron chi connectivity index (χ3n) is 6.95. The van der Waals surface area contributed by atoms with Gasteiger partial charge in [-0.05, 0) is 55.0 Å². The Morgan fingerprint density at radius 1 is 1.12 bits per heavy atom. The fourth-order valence-electron chi connectivity index (χ4n) is 5.16. The van der Waals surface area contributed by atoms with Gasteiger partial charge in [-0.15, -0.1) is 0 Å². The molecule has 5 aromatic rings. The normalized spacial score (nSPS) is 15.1. The summed E-state index contributed by atoms with van der Waals surface area (Å²) in [5.41, 5.74) is 2.12. The number of carbonyl (C=O) groups excluding carboxylic acids is 1. The third-order valence-corrected chi connectivity index (χ3v) is 8.43. The number of benzene rings is 3. The van der Waals surface area contributed by atoms with Crippen LogP contribution in [0.1, 0.15) is 31.2 Å². The summed E-state index contributed by atoms with van der Waals surface area (Å²) in [7, 11) is 1.58. The molecule has 1 aliphatic heterocycles. The molecule has 0 N–H and O–H groups in total. The van der Waals surface area contributed by atoms with Gasteiger partial charge in [0, 0.05) is 21.7 Å². The summed E-state index contributed by atoms with van der Waals surface area (Å²) in [6.07, 6.45) is 1.71. The molecule has 7 nitrogen and oxygen atoms in total. The van der Waals surface area contributed by atoms with Gasteiger partial charge in [-0.1, -0.05) is 69.7 Å². The maximum Gasteiger partial charge on any atom is 0.338 e. The van der Waals surface area contributed by atoms with Gasteiger partial charge in [0.15, 0.2) is 4.80 Å². The molecule has 0 radical (unpaired) electrons. The number of hydrogen-bond acceptors (Lipinski definition) is 7. The lowest BCUT2D eigenvalue weighted by molar-refractivity contribution is -0.139. The molecule has 6 rings (SSSR count). The second-order valence-electron chi connectivity index (χ2n) is 9.42. The Morgan fingerprint density at radius 2 is 1.95 bits per heavy atom. The minimum Gasteiger partial charge on any atom is -0.496 e. The first-order valence-corrected chi connectivity index (χ1v) is 14.6. The fraction of sp³-hybridized carbons (Fsp3) is 0.156. The van der Waals surface area contributed by atoms with Crippen LogP contribution in [-0.4, -0.2) is 24.3 Å². The zero-order chi connectivity index (χ0) is 28.7. The van der Waals surface area contributed by atoms with Crippen molar-refractivity contribution in [3.8, 4) is 17.1 Å². The number of methoxy groups -OCH3 is 1. The standard InChI is InChI=1S/C32H25BrN2O5S/c1-4-39-31(37)27-18(2)34-32-35(29(27)28-23-11-6-5-8-19(23)12-14-25(28)38-3)30(36)26(41-32)17-22-13-15-24(40-22)20-9-7-10-21(33)16-20/h5-17,29H,4H2,1-3H3/b26-17-. The molecule has 41 heavy (non-hydrogen) atoms. The summed E-state index contributed by atoms with van der Waals surface area (Å²) in [5.74, 6) is 1.26. The Hall–Kier alpha value is -4.21. The van der Waals surface area contributed by atoms with Gasteiger partial charge in [0.1, 0.15) is 23.3 Å². The number of rotatable bonds is 6. The number of ether oxygens (including phenoxy) is 2. The van der Waals surface area contributed by atoms with Gasteiger partial charge in [0.2, 0.25) is 0 Å². The van der Waals surface area contributed by atoms with E-state index in [-0.39, 0.29) is 12.2 Å². The number of furan rings is 1. The SMILES string of the molecule is CCOC(=O)C1=C(C)N=c2s/c(=C\c3ccc(-c4cccc(Br)c4)o3)c(=O)n2C1c1c(OC)ccc2ccccc12. The molecular weight excluding hydrogens is 604 g/mol. The van der Waals surface area contributed by atoms with Crippen LogP contribution in [0.5, 0.6) is 5.75 Å². The second kappa shape index (κ2) is 11.0. The van der Waals surface area contributed by atoms with Crippen molar-refractivity contribution in [3.05, 3.63) is 120 Å². The number of aromatic nitrogens is 1. The molecule has 3 aromatic carbocycles. The molecule has 0 saturated heterocycles. The summed E-state index contributed by atoms with van der Waals surface area (Å²) < 4.78 is 20.3. The van der Waals surface area contributed by atoms with Gasteiger partial charge < -0.3 is 13.9 Å². The maximum atomic E-state index is 14.1. The van der Waals surface area contributed by atoms with Crippen LogP contribution in [0.2, 0.25) is 0 Å². The highest BCUT2D eigenvalue weighted by molar-refractivity contribution is 9.10. The van der Waals surface area contributed by atoms with E-state index in [4.69, 9.17) is 18.9 Å². The van der Waals surface area contributed by atoms with E-state index >= 15 is 0 Å². The van der Waals surface area contributed by atoms with E-state index in [0.717, 1.165) is 20.8 Å². The topological polar surface area (TPSA) is 83.0 Å². The summed E-state index contributed by atoms with van der Waals surface area (Å²) in [6.45, 7) is 3.71. The first-order chi connectivity index (χ1) is 19.9. The molecule has 9 heteroatoms. The quantitative estimate of drug-likeness (QED) is 0.216. The van der Waals surface area contributed by atoms with E-state index < -0.39 is 12.0 Å². The van der Waals surface area contributed by atoms with E-state index in [1.165, 1.54) is 11.3 Å². The van der Waals surface area contributed by atoms with Crippen LogP contribution in [0, 0.1) is 0 Å². The molecule has 0 spiro atoms. The van der Waals surface area contributed by atoms with Crippen LogP contribution >= 0.6 is 27.3 Å². The zero-order valence-corrected chi connectivity index (χ0v) is 24.9. The highest BCUT2D eigenvalue weighted by Gasteiger charge is 2.36. The molecule has 0 amide bonds. The number of carbonyl (C=O) groups is 1. The zero-order valence-electron chi connectivity index (χ0n) is 22.5. The first-order valence-electron chi connectivity index (χ1n) is 13.0. The van der Waals surface area contributed by atoms with Crippen LogP contribution < -0.4 is 19.6 Å². The summed E-state index contributed by atoms with van der Waals surface area (Å²) in [5, 5.41) is 1.83. The first kappa shape index (κ1) is 27.0. The van der Waals surface area contributed by atoms with E-state index in [1.54, 1.807) is 31.6 Å². The van der Waals surface area contributed by atoms with Gasteiger partial charge in [0.25, 0.3) is 5.56 Å². The highest BCUT2D eigenvalue weighted by Crippen LogP contribution is 2.40.